The van der Waals surface area contributed by atoms with Crippen molar-refractivity contribution in [3.05, 3.63) is 121 Å². The first-order valence-electron chi connectivity index (χ1n) is 14.3. The number of hydrogen-bond donors (Lipinski definition) is 8. The molecule has 2 aromatic heterocycles. The number of nitrogens with zero attached hydrogens (tertiary/aromatic N) is 2. The van der Waals surface area contributed by atoms with Gasteiger partial charge in [0, 0.05) is 64.4 Å². The van der Waals surface area contributed by atoms with E-state index >= 15 is 0 Å². The van der Waals surface area contributed by atoms with Crippen LogP contribution in [0.15, 0.2) is 119 Å². The largest absolute Gasteiger partial charge is 0.506 e. The molecule has 0 bridgehead atoms. The number of nitrogen functional groups attached to an aromatic ring is 2. The Balaban J connectivity index is 0.000000216. The van der Waals surface area contributed by atoms with Gasteiger partial charge in [-0.25, -0.2) is 27.7 Å². The fourth-order valence-electron chi connectivity index (χ4n) is 4.61. The van der Waals surface area contributed by atoms with Crippen LogP contribution in [0.2, 0.25) is 0 Å². The van der Waals surface area contributed by atoms with Gasteiger partial charge in [0.05, 0.1) is 9.79 Å². The molecule has 10 N–H and O–H groups in total. The van der Waals surface area contributed by atoms with Gasteiger partial charge in [-0.1, -0.05) is 24.3 Å². The van der Waals surface area contributed by atoms with Crippen molar-refractivity contribution in [2.45, 2.75) is 22.9 Å². The summed E-state index contributed by atoms with van der Waals surface area (Å²) in [5.41, 5.74) is 20.0. The van der Waals surface area contributed by atoms with Crippen LogP contribution in [0.3, 0.4) is 0 Å². The van der Waals surface area contributed by atoms with Crippen molar-refractivity contribution >= 4 is 53.2 Å². The minimum Gasteiger partial charge on any atom is -0.506 e. The number of anilines is 2. The monoisotopic (exact) mass is 747 g/mol. The Morgan fingerprint density at radius 2 is 0.918 bits per heavy atom. The molecule has 14 nitrogen and oxygen atoms in total. The summed E-state index contributed by atoms with van der Waals surface area (Å²) in [4.78, 5) is 13.1. The van der Waals surface area contributed by atoms with E-state index in [0.29, 0.717) is 22.4 Å². The minimum absolute atomic E-state index is 0. The second-order valence-corrected chi connectivity index (χ2v) is 13.7. The molecule has 0 fully saturated rings. The predicted molar refractivity (Wildman–Crippen MR) is 183 cm³/mol. The van der Waals surface area contributed by atoms with Crippen LogP contribution >= 0.6 is 0 Å². The Kier molecular flexibility index (Phi) is 12.1. The average molecular weight is 748 g/mol. The van der Waals surface area contributed by atoms with Crippen LogP contribution < -0.4 is 32.0 Å². The second-order valence-electron chi connectivity index (χ2n) is 10.3. The number of pyridine rings is 2. The summed E-state index contributed by atoms with van der Waals surface area (Å²) >= 11 is 0. The zero-order chi connectivity index (χ0) is 34.3. The molecule has 0 amide bonds. The van der Waals surface area contributed by atoms with Crippen LogP contribution in [0, 0.1) is 0 Å². The molecule has 2 heterocycles. The van der Waals surface area contributed by atoms with E-state index in [9.17, 15) is 27.0 Å². The van der Waals surface area contributed by atoms with Crippen molar-refractivity contribution in [3.8, 4) is 11.5 Å². The van der Waals surface area contributed by atoms with Crippen LogP contribution in [-0.2, 0) is 49.9 Å². The third-order valence-electron chi connectivity index (χ3n) is 7.03. The maximum Gasteiger partial charge on any atom is 0.253 e. The van der Waals surface area contributed by atoms with Gasteiger partial charge in [-0.05, 0) is 83.9 Å². The number of hydrogen-bond acceptors (Lipinski definition) is 12. The predicted octanol–water partition coefficient (Wildman–Crippen LogP) is 3.01. The number of aromatic hydroxyl groups is 2. The molecule has 6 rings (SSSR count). The van der Waals surface area contributed by atoms with Crippen LogP contribution in [0.25, 0.3) is 21.8 Å². The van der Waals surface area contributed by atoms with E-state index in [1.54, 1.807) is 36.7 Å². The molecule has 0 aliphatic heterocycles. The number of aromatic nitrogens is 2. The second kappa shape index (κ2) is 16.0. The average Bonchev–Trinajstić information content (AvgIpc) is 3.08. The van der Waals surface area contributed by atoms with Gasteiger partial charge in [-0.2, -0.15) is 0 Å². The Bertz CT molecular complexity index is 2110. The summed E-state index contributed by atoms with van der Waals surface area (Å²) in [6, 6.07) is 25.4. The van der Waals surface area contributed by atoms with Gasteiger partial charge in [-0.15, -0.1) is 9.66 Å². The molecule has 1 radical (unpaired) electrons. The zero-order valence-corrected chi connectivity index (χ0v) is 28.2. The quantitative estimate of drug-likeness (QED) is 0.0747. The summed E-state index contributed by atoms with van der Waals surface area (Å²) in [6.07, 6.45) is 3.17. The normalized spacial score (nSPS) is 11.4. The number of hydrazine groups is 2. The Hall–Kier alpha value is -4.85. The number of nitrogens with two attached hydrogens (primary N) is 2. The smallest absolute Gasteiger partial charge is 0.253 e. The topological polar surface area (TPSA) is 235 Å². The van der Waals surface area contributed by atoms with E-state index < -0.39 is 20.0 Å². The molecule has 4 aromatic carbocycles. The number of phenolic OH excluding ortho intramolecular Hbond substituents is 2. The van der Waals surface area contributed by atoms with E-state index in [1.807, 2.05) is 12.1 Å². The van der Waals surface area contributed by atoms with Gasteiger partial charge < -0.3 is 21.7 Å². The summed E-state index contributed by atoms with van der Waals surface area (Å²) in [6.45, 7) is 0.466. The molecule has 17 heteroatoms. The number of fused-ring (bicyclic) bond motifs is 2. The molecule has 0 unspecified atom stereocenters. The fraction of sp³-hybridized carbons (Fsp3) is 0.0625. The van der Waals surface area contributed by atoms with Crippen molar-refractivity contribution in [3.63, 3.8) is 0 Å². The first-order valence-corrected chi connectivity index (χ1v) is 17.2. The van der Waals surface area contributed by atoms with E-state index in [0.717, 1.165) is 21.9 Å². The van der Waals surface area contributed by atoms with E-state index in [4.69, 9.17) is 11.5 Å². The summed E-state index contributed by atoms with van der Waals surface area (Å²) < 4.78 is 48.7. The summed E-state index contributed by atoms with van der Waals surface area (Å²) in [7, 11) is -7.38. The van der Waals surface area contributed by atoms with E-state index in [2.05, 4.69) is 30.5 Å². The molecule has 0 saturated carbocycles. The zero-order valence-electron chi connectivity index (χ0n) is 25.5. The molecule has 0 aliphatic rings. The summed E-state index contributed by atoms with van der Waals surface area (Å²) in [5, 5.41) is 21.1. The third-order valence-corrected chi connectivity index (χ3v) is 9.64. The molecule has 49 heavy (non-hydrogen) atoms. The van der Waals surface area contributed by atoms with Crippen molar-refractivity contribution in [1.82, 2.24) is 30.5 Å². The van der Waals surface area contributed by atoms with Gasteiger partial charge in [0.2, 0.25) is 0 Å². The maximum absolute atomic E-state index is 12.2. The Morgan fingerprint density at radius 1 is 0.551 bits per heavy atom. The van der Waals surface area contributed by atoms with Gasteiger partial charge in [0.25, 0.3) is 20.0 Å². The van der Waals surface area contributed by atoms with Crippen molar-refractivity contribution in [2.24, 2.45) is 0 Å². The minimum atomic E-state index is -3.69. The molecule has 0 aliphatic carbocycles. The number of phenols is 2. The van der Waals surface area contributed by atoms with E-state index in [1.165, 1.54) is 60.7 Å². The van der Waals surface area contributed by atoms with Crippen LogP contribution in [0.4, 0.5) is 11.4 Å². The maximum atomic E-state index is 12.2. The molecule has 257 valence electrons. The van der Waals surface area contributed by atoms with E-state index in [-0.39, 0.29) is 51.2 Å². The molecule has 0 atom stereocenters. The van der Waals surface area contributed by atoms with Gasteiger partial charge >= 0.3 is 0 Å². The van der Waals surface area contributed by atoms with Crippen molar-refractivity contribution in [1.29, 1.82) is 0 Å². The third kappa shape index (κ3) is 9.19. The van der Waals surface area contributed by atoms with Crippen molar-refractivity contribution in [2.75, 3.05) is 11.5 Å². The van der Waals surface area contributed by atoms with Crippen LogP contribution in [-0.4, -0.2) is 37.0 Å². The van der Waals surface area contributed by atoms with Gasteiger partial charge in [-0.3, -0.25) is 9.97 Å². The molecular weight excluding hydrogens is 715 g/mol. The van der Waals surface area contributed by atoms with Crippen molar-refractivity contribution < 1.29 is 43.8 Å². The van der Waals surface area contributed by atoms with Crippen LogP contribution in [0.5, 0.6) is 11.5 Å². The SMILES string of the molecule is Nc1ccc(S(=O)(=O)NNCc2ccc(O)c3ncccc23)cc1.Nc1ccc(S(=O)(=O)NNCc2ccc(O)c3ncccc23)cc1.[Co]. The molecule has 6 aromatic rings. The first kappa shape index (κ1) is 37.0. The number of nitrogens with one attached hydrogen (secondary N) is 4. The first-order chi connectivity index (χ1) is 22.9. The standard InChI is InChI=1S/2C16H16N4O3S.Co/c2*17-12-4-6-13(7-5-12)24(22,23)20-19-10-11-3-8-15(21)16-14(11)2-1-9-18-16;/h2*1-9,19-21H,10,17H2;. The number of sulfonamides is 2. The molecule has 0 saturated heterocycles. The van der Waals surface area contributed by atoms with Crippen LogP contribution in [0.1, 0.15) is 11.1 Å². The van der Waals surface area contributed by atoms with Gasteiger partial charge in [0.1, 0.15) is 22.5 Å². The summed E-state index contributed by atoms with van der Waals surface area (Å²) in [5.74, 6) is 0.161. The Morgan fingerprint density at radius 3 is 1.29 bits per heavy atom. The molecular formula is C32H32CoN8O6S2. The van der Waals surface area contributed by atoms with Gasteiger partial charge in [0.15, 0.2) is 0 Å². The molecule has 0 spiro atoms. The number of benzene rings is 4. The fourth-order valence-corrected chi connectivity index (χ4v) is 6.36. The Labute approximate surface area is 292 Å². The number of rotatable bonds is 10.